The van der Waals surface area contributed by atoms with Crippen molar-refractivity contribution < 1.29 is 28.1 Å². The van der Waals surface area contributed by atoms with Gasteiger partial charge in [0, 0.05) is 11.7 Å². The molecule has 3 aliphatic rings. The minimum Gasteiger partial charge on any atom is -0.394 e. The number of nitrogens with zero attached hydrogens (tertiary/aromatic N) is 5. The van der Waals surface area contributed by atoms with Crippen LogP contribution < -0.4 is 5.32 Å². The van der Waals surface area contributed by atoms with Crippen molar-refractivity contribution in [3.63, 3.8) is 0 Å². The van der Waals surface area contributed by atoms with Gasteiger partial charge in [-0.25, -0.2) is 23.4 Å². The van der Waals surface area contributed by atoms with Crippen molar-refractivity contribution in [1.29, 1.82) is 0 Å². The predicted molar refractivity (Wildman–Crippen MR) is 140 cm³/mol. The molecule has 0 bridgehead atoms. The molecule has 0 radical (unpaired) electrons. The molecule has 2 aliphatic carbocycles. The van der Waals surface area contributed by atoms with Crippen LogP contribution in [0.2, 0.25) is 0 Å². The normalized spacial score (nSPS) is 29.2. The van der Waals surface area contributed by atoms with Gasteiger partial charge in [0.15, 0.2) is 39.6 Å². The van der Waals surface area contributed by atoms with Crippen LogP contribution in [0.15, 0.2) is 23.4 Å². The molecule has 6 atom stereocenters. The van der Waals surface area contributed by atoms with Gasteiger partial charge in [-0.05, 0) is 50.8 Å². The quantitative estimate of drug-likeness (QED) is 0.279. The Balaban J connectivity index is 1.30. The zero-order valence-corrected chi connectivity index (χ0v) is 22.8. The molecule has 1 aliphatic heterocycles. The van der Waals surface area contributed by atoms with Crippen molar-refractivity contribution in [3.8, 4) is 0 Å². The summed E-state index contributed by atoms with van der Waals surface area (Å²) in [5.74, 6) is -1.08. The topological polar surface area (TPSA) is 116 Å². The van der Waals surface area contributed by atoms with E-state index in [1.807, 2.05) is 13.8 Å². The molecular formula is C26H32F2N6O4S. The summed E-state index contributed by atoms with van der Waals surface area (Å²) in [5.41, 5.74) is 1.84. The van der Waals surface area contributed by atoms with Gasteiger partial charge in [-0.15, -0.1) is 5.10 Å². The lowest BCUT2D eigenvalue weighted by atomic mass is 10.1. The largest absolute Gasteiger partial charge is 0.394 e. The monoisotopic (exact) mass is 562 g/mol. The lowest BCUT2D eigenvalue weighted by Crippen LogP contribution is -2.35. The second-order valence-electron chi connectivity index (χ2n) is 10.7. The van der Waals surface area contributed by atoms with Crippen molar-refractivity contribution in [2.24, 2.45) is 0 Å². The number of halogens is 2. The molecule has 3 fully saturated rings. The fourth-order valence-corrected chi connectivity index (χ4v) is 6.26. The van der Waals surface area contributed by atoms with Crippen molar-refractivity contribution >= 4 is 28.7 Å². The summed E-state index contributed by atoms with van der Waals surface area (Å²) < 4.78 is 47.4. The molecule has 13 heteroatoms. The van der Waals surface area contributed by atoms with Crippen molar-refractivity contribution in [2.75, 3.05) is 24.3 Å². The number of nitrogens with one attached hydrogen (secondary N) is 1. The molecule has 3 aromatic rings. The number of hydrogen-bond donors (Lipinski definition) is 2. The van der Waals surface area contributed by atoms with Gasteiger partial charge in [0.2, 0.25) is 0 Å². The van der Waals surface area contributed by atoms with Crippen LogP contribution in [0.5, 0.6) is 0 Å². The highest BCUT2D eigenvalue weighted by Crippen LogP contribution is 2.52. The van der Waals surface area contributed by atoms with E-state index in [0.717, 1.165) is 30.2 Å². The Bertz CT molecular complexity index is 1360. The molecule has 3 heterocycles. The van der Waals surface area contributed by atoms with Crippen LogP contribution in [-0.2, 0) is 14.2 Å². The zero-order chi connectivity index (χ0) is 27.3. The van der Waals surface area contributed by atoms with E-state index >= 15 is 0 Å². The number of anilines is 1. The van der Waals surface area contributed by atoms with Gasteiger partial charge in [0.25, 0.3) is 0 Å². The van der Waals surface area contributed by atoms with Crippen molar-refractivity contribution in [3.05, 3.63) is 35.4 Å². The molecule has 2 aromatic heterocycles. The van der Waals surface area contributed by atoms with Gasteiger partial charge >= 0.3 is 0 Å². The predicted octanol–water partition coefficient (Wildman–Crippen LogP) is 3.81. The third kappa shape index (κ3) is 5.22. The second kappa shape index (κ2) is 10.5. The molecule has 0 spiro atoms. The van der Waals surface area contributed by atoms with Crippen LogP contribution in [0.4, 0.5) is 14.6 Å². The van der Waals surface area contributed by atoms with E-state index in [2.05, 4.69) is 22.6 Å². The van der Waals surface area contributed by atoms with Gasteiger partial charge < -0.3 is 24.6 Å². The first-order chi connectivity index (χ1) is 18.8. The number of ether oxygens (including phenoxy) is 3. The standard InChI is InChI=1S/C26H32F2N6O4S/c1-4-9-39-25-30-23(29-17-12-19(36-8-7-35)22-21(17)37-26(2,3)38-22)20-24(31-25)34(33-32-20)18-11-14(18)13-5-6-15(27)16(28)10-13/h5-6,10,14,17-19,21-22,35H,4,7-9,11-12H2,1-3H3,(H,29,30,31)/t14-,17-,18-,19+,21+,22-/m1/s1. The number of aromatic nitrogens is 5. The van der Waals surface area contributed by atoms with E-state index in [1.54, 1.807) is 22.5 Å². The molecule has 2 N–H and O–H groups in total. The van der Waals surface area contributed by atoms with E-state index in [9.17, 15) is 13.9 Å². The fraction of sp³-hybridized carbons (Fsp3) is 0.615. The first kappa shape index (κ1) is 26.8. The number of rotatable bonds is 10. The third-order valence-corrected chi connectivity index (χ3v) is 8.39. The van der Waals surface area contributed by atoms with Crippen LogP contribution in [0, 0.1) is 11.6 Å². The summed E-state index contributed by atoms with van der Waals surface area (Å²) in [5, 5.41) is 22.3. The SMILES string of the molecule is CCCSc1nc(N[C@@H]2C[C@H](OCCO)[C@H]3OC(C)(C)O[C@H]32)c2nnn([C@@H]3C[C@@H]3c3ccc(F)c(F)c3)c2n1. The molecule has 1 saturated heterocycles. The van der Waals surface area contributed by atoms with Crippen LogP contribution >= 0.6 is 11.8 Å². The van der Waals surface area contributed by atoms with Gasteiger partial charge in [-0.2, -0.15) is 0 Å². The first-order valence-electron chi connectivity index (χ1n) is 13.3. The molecule has 210 valence electrons. The first-order valence-corrected chi connectivity index (χ1v) is 14.3. The minimum atomic E-state index is -0.860. The van der Waals surface area contributed by atoms with Crippen molar-refractivity contribution in [2.45, 2.75) is 87.3 Å². The second-order valence-corrected chi connectivity index (χ2v) is 11.7. The summed E-state index contributed by atoms with van der Waals surface area (Å²) in [4.78, 5) is 9.57. The van der Waals surface area contributed by atoms with Crippen LogP contribution in [0.3, 0.4) is 0 Å². The fourth-order valence-electron chi connectivity index (χ4n) is 5.56. The minimum absolute atomic E-state index is 0.00518. The van der Waals surface area contributed by atoms with E-state index < -0.39 is 17.4 Å². The zero-order valence-electron chi connectivity index (χ0n) is 22.0. The molecule has 6 rings (SSSR count). The third-order valence-electron chi connectivity index (χ3n) is 7.34. The highest BCUT2D eigenvalue weighted by atomic mass is 32.2. The molecule has 0 unspecified atom stereocenters. The van der Waals surface area contributed by atoms with Gasteiger partial charge in [-0.3, -0.25) is 0 Å². The molecule has 39 heavy (non-hydrogen) atoms. The van der Waals surface area contributed by atoms with Crippen molar-refractivity contribution in [1.82, 2.24) is 25.0 Å². The molecule has 2 saturated carbocycles. The van der Waals surface area contributed by atoms with E-state index in [-0.39, 0.29) is 49.5 Å². The summed E-state index contributed by atoms with van der Waals surface area (Å²) in [6, 6.07) is 3.78. The van der Waals surface area contributed by atoms with E-state index in [0.29, 0.717) is 28.6 Å². The average molecular weight is 563 g/mol. The Labute approximate surface area is 228 Å². The summed E-state index contributed by atoms with van der Waals surface area (Å²) in [6.07, 6.45) is 1.48. The molecule has 0 amide bonds. The highest BCUT2D eigenvalue weighted by Gasteiger charge is 2.55. The lowest BCUT2D eigenvalue weighted by molar-refractivity contribution is -0.167. The highest BCUT2D eigenvalue weighted by molar-refractivity contribution is 7.99. The van der Waals surface area contributed by atoms with E-state index in [4.69, 9.17) is 24.2 Å². The van der Waals surface area contributed by atoms with Gasteiger partial charge in [0.1, 0.15) is 12.2 Å². The lowest BCUT2D eigenvalue weighted by Gasteiger charge is -2.24. The summed E-state index contributed by atoms with van der Waals surface area (Å²) in [6.45, 7) is 5.99. The maximum absolute atomic E-state index is 13.9. The molecule has 1 aromatic carbocycles. The van der Waals surface area contributed by atoms with Crippen LogP contribution in [0.1, 0.15) is 57.6 Å². The summed E-state index contributed by atoms with van der Waals surface area (Å²) >= 11 is 1.55. The number of thioether (sulfide) groups is 1. The number of aliphatic hydroxyl groups is 1. The Morgan fingerprint density at radius 3 is 2.77 bits per heavy atom. The number of aliphatic hydroxyl groups excluding tert-OH is 1. The van der Waals surface area contributed by atoms with Gasteiger partial charge in [-0.1, -0.05) is 30.0 Å². The Morgan fingerprint density at radius 2 is 2.00 bits per heavy atom. The van der Waals surface area contributed by atoms with Crippen LogP contribution in [0.25, 0.3) is 11.2 Å². The van der Waals surface area contributed by atoms with Gasteiger partial charge in [0.05, 0.1) is 31.4 Å². The number of fused-ring (bicyclic) bond motifs is 2. The Kier molecular flexibility index (Phi) is 7.21. The summed E-state index contributed by atoms with van der Waals surface area (Å²) in [7, 11) is 0. The molecular weight excluding hydrogens is 530 g/mol. The molecule has 10 nitrogen and oxygen atoms in total. The Morgan fingerprint density at radius 1 is 1.18 bits per heavy atom. The smallest absolute Gasteiger partial charge is 0.191 e. The number of hydrogen-bond acceptors (Lipinski definition) is 10. The maximum Gasteiger partial charge on any atom is 0.191 e. The maximum atomic E-state index is 13.9. The number of benzene rings is 1. The Hall–Kier alpha value is -2.45. The average Bonchev–Trinajstić information content (AvgIpc) is 3.33. The van der Waals surface area contributed by atoms with E-state index in [1.165, 1.54) is 6.07 Å². The van der Waals surface area contributed by atoms with Crippen LogP contribution in [-0.4, -0.2) is 79.2 Å².